The molecule has 0 aliphatic heterocycles. The molecule has 0 fully saturated rings. The fraction of sp³-hybridized carbons (Fsp3) is 0.231. The number of aromatic nitrogens is 3. The van der Waals surface area contributed by atoms with Crippen molar-refractivity contribution in [3.63, 3.8) is 0 Å². The lowest BCUT2D eigenvalue weighted by molar-refractivity contribution is 0.0586. The van der Waals surface area contributed by atoms with E-state index >= 15 is 0 Å². The van der Waals surface area contributed by atoms with Gasteiger partial charge in [0.25, 0.3) is 0 Å². The molecule has 1 aromatic heterocycles. The lowest BCUT2D eigenvalue weighted by Crippen LogP contribution is -2.18. The number of benzene rings is 1. The zero-order valence-corrected chi connectivity index (χ0v) is 11.8. The number of esters is 1. The van der Waals surface area contributed by atoms with Crippen molar-refractivity contribution in [2.75, 3.05) is 31.4 Å². The largest absolute Gasteiger partial charge is 0.463 e. The number of carbonyl (C=O) groups excluding carboxylic acids is 1. The fourth-order valence-corrected chi connectivity index (χ4v) is 1.47. The lowest BCUT2D eigenvalue weighted by Gasteiger charge is -2.12. The maximum Gasteiger partial charge on any atom is 0.376 e. The summed E-state index contributed by atoms with van der Waals surface area (Å²) >= 11 is 0. The highest BCUT2D eigenvalue weighted by molar-refractivity contribution is 5.85. The second-order valence-corrected chi connectivity index (χ2v) is 4.30. The van der Waals surface area contributed by atoms with Crippen molar-refractivity contribution in [1.29, 1.82) is 0 Å². The van der Waals surface area contributed by atoms with Gasteiger partial charge in [-0.1, -0.05) is 0 Å². The first-order valence-electron chi connectivity index (χ1n) is 6.04. The highest BCUT2D eigenvalue weighted by atomic mass is 19.1. The molecule has 0 bridgehead atoms. The van der Waals surface area contributed by atoms with Crippen molar-refractivity contribution in [2.45, 2.75) is 0 Å². The van der Waals surface area contributed by atoms with Gasteiger partial charge in [-0.25, -0.2) is 9.18 Å². The van der Waals surface area contributed by atoms with E-state index in [4.69, 9.17) is 0 Å². The van der Waals surface area contributed by atoms with Crippen molar-refractivity contribution >= 4 is 23.6 Å². The van der Waals surface area contributed by atoms with Crippen LogP contribution in [0, 0.1) is 5.82 Å². The SMILES string of the molecule is COC(=O)c1nc(Nc2ccc(F)cc2)nc(N(C)C)n1. The standard InChI is InChI=1S/C13H14FN5O2/c1-19(2)13-17-10(11(20)21-3)16-12(18-13)15-9-6-4-8(14)5-7-9/h4-7H,1-3H3,(H,15,16,17,18). The van der Waals surface area contributed by atoms with Gasteiger partial charge in [0.2, 0.25) is 17.7 Å². The van der Waals surface area contributed by atoms with E-state index in [9.17, 15) is 9.18 Å². The van der Waals surface area contributed by atoms with E-state index in [0.717, 1.165) is 0 Å². The van der Waals surface area contributed by atoms with Crippen LogP contribution < -0.4 is 10.2 Å². The van der Waals surface area contributed by atoms with E-state index in [2.05, 4.69) is 25.0 Å². The topological polar surface area (TPSA) is 80.2 Å². The molecule has 110 valence electrons. The second kappa shape index (κ2) is 6.12. The molecule has 0 aliphatic carbocycles. The van der Waals surface area contributed by atoms with Crippen molar-refractivity contribution in [3.8, 4) is 0 Å². The first-order chi connectivity index (χ1) is 9.99. The zero-order valence-electron chi connectivity index (χ0n) is 11.8. The summed E-state index contributed by atoms with van der Waals surface area (Å²) < 4.78 is 17.5. The molecule has 7 nitrogen and oxygen atoms in total. The molecule has 0 spiro atoms. The molecule has 21 heavy (non-hydrogen) atoms. The number of anilines is 3. The number of hydrogen-bond acceptors (Lipinski definition) is 7. The minimum atomic E-state index is -0.664. The van der Waals surface area contributed by atoms with Crippen LogP contribution >= 0.6 is 0 Å². The second-order valence-electron chi connectivity index (χ2n) is 4.30. The van der Waals surface area contributed by atoms with Gasteiger partial charge in [-0.15, -0.1) is 0 Å². The van der Waals surface area contributed by atoms with Crippen molar-refractivity contribution in [3.05, 3.63) is 35.9 Å². The molecule has 0 amide bonds. The van der Waals surface area contributed by atoms with Gasteiger partial charge in [0.05, 0.1) is 7.11 Å². The Morgan fingerprint density at radius 2 is 1.86 bits per heavy atom. The van der Waals surface area contributed by atoms with Crippen molar-refractivity contribution < 1.29 is 13.9 Å². The Balaban J connectivity index is 2.35. The Hall–Kier alpha value is -2.77. The van der Waals surface area contributed by atoms with Crippen LogP contribution in [0.25, 0.3) is 0 Å². The van der Waals surface area contributed by atoms with Crippen molar-refractivity contribution in [1.82, 2.24) is 15.0 Å². The van der Waals surface area contributed by atoms with Crippen LogP contribution in [0.1, 0.15) is 10.6 Å². The fourth-order valence-electron chi connectivity index (χ4n) is 1.47. The number of rotatable bonds is 4. The molecular weight excluding hydrogens is 277 g/mol. The Morgan fingerprint density at radius 1 is 1.19 bits per heavy atom. The molecule has 0 radical (unpaired) electrons. The minimum absolute atomic E-state index is 0.110. The first kappa shape index (κ1) is 14.6. The van der Waals surface area contributed by atoms with E-state index < -0.39 is 5.97 Å². The lowest BCUT2D eigenvalue weighted by atomic mass is 10.3. The third kappa shape index (κ3) is 3.62. The number of methoxy groups -OCH3 is 1. The smallest absolute Gasteiger partial charge is 0.376 e. The van der Waals surface area contributed by atoms with E-state index in [1.807, 2.05) is 0 Å². The third-order valence-corrected chi connectivity index (χ3v) is 2.49. The normalized spacial score (nSPS) is 10.1. The molecule has 1 N–H and O–H groups in total. The predicted molar refractivity (Wildman–Crippen MR) is 75.2 cm³/mol. The quantitative estimate of drug-likeness (QED) is 0.857. The van der Waals surface area contributed by atoms with E-state index in [0.29, 0.717) is 11.6 Å². The summed E-state index contributed by atoms with van der Waals surface area (Å²) in [5.74, 6) is -0.653. The van der Waals surface area contributed by atoms with Gasteiger partial charge in [0, 0.05) is 19.8 Å². The molecule has 0 atom stereocenters. The Morgan fingerprint density at radius 3 is 2.43 bits per heavy atom. The summed E-state index contributed by atoms with van der Waals surface area (Å²) in [4.78, 5) is 25.3. The number of halogens is 1. The predicted octanol–water partition coefficient (Wildman–Crippen LogP) is 1.61. The minimum Gasteiger partial charge on any atom is -0.463 e. The van der Waals surface area contributed by atoms with Gasteiger partial charge < -0.3 is 15.0 Å². The average molecular weight is 291 g/mol. The van der Waals surface area contributed by atoms with Crippen LogP contribution in [-0.4, -0.2) is 42.1 Å². The van der Waals surface area contributed by atoms with Crippen LogP contribution in [0.5, 0.6) is 0 Å². The molecule has 2 aromatic rings. The molecular formula is C13H14FN5O2. The van der Waals surface area contributed by atoms with Gasteiger partial charge in [-0.3, -0.25) is 0 Å². The molecule has 0 saturated heterocycles. The van der Waals surface area contributed by atoms with E-state index in [1.54, 1.807) is 19.0 Å². The van der Waals surface area contributed by atoms with Crippen LogP contribution in [-0.2, 0) is 4.74 Å². The summed E-state index contributed by atoms with van der Waals surface area (Å²) in [6, 6.07) is 5.67. The molecule has 8 heteroatoms. The Bertz CT molecular complexity index is 646. The van der Waals surface area contributed by atoms with Crippen molar-refractivity contribution in [2.24, 2.45) is 0 Å². The van der Waals surface area contributed by atoms with Crippen LogP contribution in [0.4, 0.5) is 22.0 Å². The van der Waals surface area contributed by atoms with E-state index in [1.165, 1.54) is 31.4 Å². The van der Waals surface area contributed by atoms with Gasteiger partial charge in [-0.2, -0.15) is 15.0 Å². The van der Waals surface area contributed by atoms with Crippen LogP contribution in [0.3, 0.4) is 0 Å². The molecule has 0 saturated carbocycles. The Labute approximate surface area is 120 Å². The average Bonchev–Trinajstić information content (AvgIpc) is 2.48. The van der Waals surface area contributed by atoms with Gasteiger partial charge in [0.1, 0.15) is 5.82 Å². The van der Waals surface area contributed by atoms with Gasteiger partial charge >= 0.3 is 5.97 Å². The highest BCUT2D eigenvalue weighted by Gasteiger charge is 2.15. The van der Waals surface area contributed by atoms with Gasteiger partial charge in [0.15, 0.2) is 0 Å². The summed E-state index contributed by atoms with van der Waals surface area (Å²) in [6.45, 7) is 0. The summed E-state index contributed by atoms with van der Waals surface area (Å²) in [7, 11) is 4.71. The third-order valence-electron chi connectivity index (χ3n) is 2.49. The summed E-state index contributed by atoms with van der Waals surface area (Å²) in [6.07, 6.45) is 0. The molecule has 1 heterocycles. The summed E-state index contributed by atoms with van der Waals surface area (Å²) in [5.41, 5.74) is 0.586. The summed E-state index contributed by atoms with van der Waals surface area (Å²) in [5, 5.41) is 2.88. The monoisotopic (exact) mass is 291 g/mol. The number of nitrogens with one attached hydrogen (secondary N) is 1. The van der Waals surface area contributed by atoms with E-state index in [-0.39, 0.29) is 17.6 Å². The van der Waals surface area contributed by atoms with Crippen LogP contribution in [0.15, 0.2) is 24.3 Å². The van der Waals surface area contributed by atoms with Gasteiger partial charge in [-0.05, 0) is 24.3 Å². The number of ether oxygens (including phenoxy) is 1. The molecule has 2 rings (SSSR count). The zero-order chi connectivity index (χ0) is 15.4. The Kier molecular flexibility index (Phi) is 4.27. The number of carbonyl (C=O) groups is 1. The molecule has 0 aliphatic rings. The number of nitrogens with zero attached hydrogens (tertiary/aromatic N) is 4. The molecule has 1 aromatic carbocycles. The number of hydrogen-bond donors (Lipinski definition) is 1. The maximum atomic E-state index is 12.9. The molecule has 0 unspecified atom stereocenters. The highest BCUT2D eigenvalue weighted by Crippen LogP contribution is 2.15. The first-order valence-corrected chi connectivity index (χ1v) is 6.04. The maximum absolute atomic E-state index is 12.9. The van der Waals surface area contributed by atoms with Crippen LogP contribution in [0.2, 0.25) is 0 Å².